The van der Waals surface area contributed by atoms with Crippen molar-refractivity contribution in [2.45, 2.75) is 6.42 Å². The molecular formula is C17H15Cl2N3. The quantitative estimate of drug-likeness (QED) is 0.844. The van der Waals surface area contributed by atoms with E-state index in [-0.39, 0.29) is 0 Å². The van der Waals surface area contributed by atoms with Crippen LogP contribution in [0.2, 0.25) is 10.0 Å². The maximum atomic E-state index is 6.33. The van der Waals surface area contributed by atoms with Gasteiger partial charge >= 0.3 is 0 Å². The molecule has 0 aliphatic carbocycles. The molecule has 0 saturated heterocycles. The average Bonchev–Trinajstić information content (AvgIpc) is 2.87. The summed E-state index contributed by atoms with van der Waals surface area (Å²) in [5, 5.41) is 7.09. The molecule has 2 aromatic carbocycles. The predicted octanol–water partition coefficient (Wildman–Crippen LogP) is 4.56. The topological polar surface area (TPSA) is 27.3 Å². The Labute approximate surface area is 139 Å². The number of para-hydroxylation sites is 1. The number of anilines is 2. The normalized spacial score (nSPS) is 17.0. The van der Waals surface area contributed by atoms with Crippen LogP contribution in [0.5, 0.6) is 0 Å². The monoisotopic (exact) mass is 331 g/mol. The molecule has 0 unspecified atom stereocenters. The smallest absolute Gasteiger partial charge is 0.0584 e. The molecule has 0 amide bonds. The number of nitrogens with one attached hydrogen (secondary N) is 2. The number of nitrogens with zero attached hydrogens (tertiary/aromatic N) is 1. The Balaban J connectivity index is 1.52. The van der Waals surface area contributed by atoms with Crippen LogP contribution < -0.4 is 10.7 Å². The SMILES string of the molecule is Clc1cc(Cl)c2c(c1)NC1=C(C2)CN(Nc2ccccc2)C1. The van der Waals surface area contributed by atoms with E-state index in [4.69, 9.17) is 23.2 Å². The number of hydrogen-bond donors (Lipinski definition) is 2. The van der Waals surface area contributed by atoms with Crippen molar-refractivity contribution in [2.24, 2.45) is 0 Å². The summed E-state index contributed by atoms with van der Waals surface area (Å²) in [7, 11) is 0. The maximum Gasteiger partial charge on any atom is 0.0584 e. The summed E-state index contributed by atoms with van der Waals surface area (Å²) in [4.78, 5) is 0. The highest BCUT2D eigenvalue weighted by molar-refractivity contribution is 6.35. The van der Waals surface area contributed by atoms with Gasteiger partial charge in [0.2, 0.25) is 0 Å². The molecular weight excluding hydrogens is 317 g/mol. The fourth-order valence-electron chi connectivity index (χ4n) is 3.02. The van der Waals surface area contributed by atoms with E-state index in [0.29, 0.717) is 5.02 Å². The van der Waals surface area contributed by atoms with Gasteiger partial charge in [0.05, 0.1) is 6.54 Å². The van der Waals surface area contributed by atoms with Crippen molar-refractivity contribution in [3.63, 3.8) is 0 Å². The minimum Gasteiger partial charge on any atom is -0.357 e. The van der Waals surface area contributed by atoms with Gasteiger partial charge in [-0.15, -0.1) is 0 Å². The van der Waals surface area contributed by atoms with Gasteiger partial charge < -0.3 is 10.7 Å². The van der Waals surface area contributed by atoms with E-state index in [1.165, 1.54) is 11.3 Å². The van der Waals surface area contributed by atoms with Gasteiger partial charge in [0.25, 0.3) is 0 Å². The molecule has 2 heterocycles. The van der Waals surface area contributed by atoms with Crippen molar-refractivity contribution in [3.8, 4) is 0 Å². The molecule has 2 aliphatic rings. The Morgan fingerprint density at radius 2 is 1.86 bits per heavy atom. The zero-order valence-electron chi connectivity index (χ0n) is 11.9. The summed E-state index contributed by atoms with van der Waals surface area (Å²) in [5.74, 6) is 0. The predicted molar refractivity (Wildman–Crippen MR) is 92.5 cm³/mol. The van der Waals surface area contributed by atoms with Gasteiger partial charge in [0, 0.05) is 40.1 Å². The van der Waals surface area contributed by atoms with E-state index in [9.17, 15) is 0 Å². The molecule has 112 valence electrons. The first-order valence-corrected chi connectivity index (χ1v) is 7.97. The second-order valence-electron chi connectivity index (χ2n) is 5.63. The number of benzene rings is 2. The average molecular weight is 332 g/mol. The maximum absolute atomic E-state index is 6.33. The first kappa shape index (κ1) is 13.9. The van der Waals surface area contributed by atoms with Gasteiger partial charge in [0.15, 0.2) is 0 Å². The Kier molecular flexibility index (Phi) is 3.49. The van der Waals surface area contributed by atoms with Crippen molar-refractivity contribution in [1.82, 2.24) is 5.01 Å². The molecule has 4 rings (SSSR count). The van der Waals surface area contributed by atoms with E-state index in [1.807, 2.05) is 30.3 Å². The third kappa shape index (κ3) is 2.56. The van der Waals surface area contributed by atoms with Crippen LogP contribution in [0.1, 0.15) is 5.56 Å². The third-order valence-electron chi connectivity index (χ3n) is 4.05. The lowest BCUT2D eigenvalue weighted by Crippen LogP contribution is -2.28. The molecule has 0 fully saturated rings. The highest BCUT2D eigenvalue weighted by Gasteiger charge is 2.28. The van der Waals surface area contributed by atoms with Crippen LogP contribution in [0.25, 0.3) is 0 Å². The van der Waals surface area contributed by atoms with Crippen molar-refractivity contribution in [1.29, 1.82) is 0 Å². The molecule has 0 bridgehead atoms. The molecule has 2 aromatic rings. The van der Waals surface area contributed by atoms with Crippen molar-refractivity contribution in [2.75, 3.05) is 23.8 Å². The van der Waals surface area contributed by atoms with E-state index >= 15 is 0 Å². The van der Waals surface area contributed by atoms with Gasteiger partial charge in [-0.25, -0.2) is 5.01 Å². The number of hydrogen-bond acceptors (Lipinski definition) is 3. The van der Waals surface area contributed by atoms with E-state index in [2.05, 4.69) is 27.9 Å². The Bertz CT molecular complexity index is 756. The molecule has 22 heavy (non-hydrogen) atoms. The second kappa shape index (κ2) is 5.51. The summed E-state index contributed by atoms with van der Waals surface area (Å²) in [6.45, 7) is 1.73. The van der Waals surface area contributed by atoms with Crippen LogP contribution in [0.4, 0.5) is 11.4 Å². The minimum absolute atomic E-state index is 0.664. The van der Waals surface area contributed by atoms with Gasteiger partial charge in [-0.2, -0.15) is 0 Å². The van der Waals surface area contributed by atoms with E-state index < -0.39 is 0 Å². The van der Waals surface area contributed by atoms with Crippen molar-refractivity contribution >= 4 is 34.6 Å². The first-order chi connectivity index (χ1) is 10.7. The van der Waals surface area contributed by atoms with Crippen LogP contribution in [0.15, 0.2) is 53.7 Å². The zero-order valence-corrected chi connectivity index (χ0v) is 13.4. The lowest BCUT2D eigenvalue weighted by Gasteiger charge is -2.21. The van der Waals surface area contributed by atoms with Crippen LogP contribution >= 0.6 is 23.2 Å². The van der Waals surface area contributed by atoms with Crippen molar-refractivity contribution < 1.29 is 0 Å². The van der Waals surface area contributed by atoms with Gasteiger partial charge in [-0.1, -0.05) is 41.4 Å². The summed E-state index contributed by atoms with van der Waals surface area (Å²) in [6.07, 6.45) is 0.876. The summed E-state index contributed by atoms with van der Waals surface area (Å²) < 4.78 is 0. The molecule has 0 aromatic heterocycles. The zero-order chi connectivity index (χ0) is 15.1. The minimum atomic E-state index is 0.664. The molecule has 0 radical (unpaired) electrons. The Morgan fingerprint density at radius 3 is 2.68 bits per heavy atom. The Morgan fingerprint density at radius 1 is 1.05 bits per heavy atom. The third-order valence-corrected chi connectivity index (χ3v) is 4.61. The van der Waals surface area contributed by atoms with Crippen LogP contribution in [-0.2, 0) is 6.42 Å². The summed E-state index contributed by atoms with van der Waals surface area (Å²) in [5.41, 5.74) is 9.32. The molecule has 0 atom stereocenters. The lowest BCUT2D eigenvalue weighted by molar-refractivity contribution is 0.416. The number of fused-ring (bicyclic) bond motifs is 1. The van der Waals surface area contributed by atoms with Crippen LogP contribution in [0.3, 0.4) is 0 Å². The van der Waals surface area contributed by atoms with Crippen LogP contribution in [0, 0.1) is 0 Å². The fourth-order valence-corrected chi connectivity index (χ4v) is 3.58. The molecule has 5 heteroatoms. The van der Waals surface area contributed by atoms with Crippen molar-refractivity contribution in [3.05, 3.63) is 69.3 Å². The molecule has 0 spiro atoms. The second-order valence-corrected chi connectivity index (χ2v) is 6.48. The van der Waals surface area contributed by atoms with E-state index in [0.717, 1.165) is 41.5 Å². The highest BCUT2D eigenvalue weighted by atomic mass is 35.5. The number of hydrazine groups is 1. The van der Waals surface area contributed by atoms with Gasteiger partial charge in [-0.3, -0.25) is 0 Å². The molecule has 2 N–H and O–H groups in total. The van der Waals surface area contributed by atoms with Crippen LogP contribution in [-0.4, -0.2) is 18.1 Å². The van der Waals surface area contributed by atoms with Gasteiger partial charge in [-0.05, 0) is 35.4 Å². The van der Waals surface area contributed by atoms with Gasteiger partial charge in [0.1, 0.15) is 0 Å². The lowest BCUT2D eigenvalue weighted by atomic mass is 9.99. The first-order valence-electron chi connectivity index (χ1n) is 7.21. The molecule has 2 aliphatic heterocycles. The largest absolute Gasteiger partial charge is 0.357 e. The number of rotatable bonds is 2. The fraction of sp³-hybridized carbons (Fsp3) is 0.176. The highest BCUT2D eigenvalue weighted by Crippen LogP contribution is 2.37. The molecule has 3 nitrogen and oxygen atoms in total. The molecule has 0 saturated carbocycles. The summed E-state index contributed by atoms with van der Waals surface area (Å²) >= 11 is 12.4. The standard InChI is InChI=1S/C17H15Cl2N3/c18-12-7-15(19)14-6-11-9-22(10-17(11)20-16(14)8-12)21-13-4-2-1-3-5-13/h1-5,7-8,20-21H,6,9-10H2. The Hall–Kier alpha value is -1.68. The van der Waals surface area contributed by atoms with E-state index in [1.54, 1.807) is 0 Å². The number of halogens is 2. The summed E-state index contributed by atoms with van der Waals surface area (Å²) in [6, 6.07) is 14.0.